The Kier molecular flexibility index (Phi) is 6.58. The van der Waals surface area contributed by atoms with Gasteiger partial charge in [0.25, 0.3) is 0 Å². The third kappa shape index (κ3) is 4.66. The summed E-state index contributed by atoms with van der Waals surface area (Å²) in [6.07, 6.45) is -0.00779. The molecule has 1 aromatic rings. The van der Waals surface area contributed by atoms with Gasteiger partial charge in [-0.3, -0.25) is 4.79 Å². The molecule has 6 heteroatoms. The Morgan fingerprint density at radius 3 is 2.74 bits per heavy atom. The first-order valence-corrected chi connectivity index (χ1v) is 6.64. The zero-order valence-corrected chi connectivity index (χ0v) is 12.5. The van der Waals surface area contributed by atoms with Crippen molar-refractivity contribution in [3.63, 3.8) is 0 Å². The molecule has 0 aliphatic heterocycles. The molecule has 0 aliphatic rings. The first kappa shape index (κ1) is 16.2. The second kappa shape index (κ2) is 7.70. The molecule has 0 saturated carbocycles. The fourth-order valence-corrected chi connectivity index (χ4v) is 2.01. The third-order valence-corrected chi connectivity index (χ3v) is 3.72. The Labute approximate surface area is 123 Å². The molecule has 0 saturated heterocycles. The number of carbonyl (C=O) groups is 1. The van der Waals surface area contributed by atoms with Gasteiger partial charge in [0, 0.05) is 27.2 Å². The number of nitrogens with two attached hydrogens (primary N) is 1. The van der Waals surface area contributed by atoms with E-state index in [1.54, 1.807) is 31.2 Å². The van der Waals surface area contributed by atoms with Crippen molar-refractivity contribution in [3.8, 4) is 0 Å². The predicted molar refractivity (Wildman–Crippen MR) is 77.4 cm³/mol. The van der Waals surface area contributed by atoms with E-state index in [2.05, 4.69) is 0 Å². The fourth-order valence-electron chi connectivity index (χ4n) is 1.63. The van der Waals surface area contributed by atoms with Crippen molar-refractivity contribution in [2.75, 3.05) is 20.7 Å². The molecule has 1 amide bonds. The van der Waals surface area contributed by atoms with Gasteiger partial charge >= 0.3 is 0 Å². The topological polar surface area (TPSA) is 55.6 Å². The van der Waals surface area contributed by atoms with E-state index in [4.69, 9.17) is 33.7 Å². The predicted octanol–water partition coefficient (Wildman–Crippen LogP) is 2.32. The van der Waals surface area contributed by atoms with Gasteiger partial charge in [-0.05, 0) is 11.6 Å². The fraction of sp³-hybridized carbons (Fsp3) is 0.462. The average Bonchev–Trinajstić information content (AvgIpc) is 2.40. The van der Waals surface area contributed by atoms with Crippen LogP contribution in [0.2, 0.25) is 10.0 Å². The molecule has 0 aromatic heterocycles. The minimum Gasteiger partial charge on any atom is -0.380 e. The number of ether oxygens (including phenoxy) is 1. The summed E-state index contributed by atoms with van der Waals surface area (Å²) in [7, 11) is 3.25. The Morgan fingerprint density at radius 1 is 1.47 bits per heavy atom. The van der Waals surface area contributed by atoms with Crippen LogP contribution in [-0.2, 0) is 16.1 Å². The maximum absolute atomic E-state index is 12.0. The number of amides is 1. The van der Waals surface area contributed by atoms with Gasteiger partial charge in [0.2, 0.25) is 5.91 Å². The highest BCUT2D eigenvalue weighted by molar-refractivity contribution is 6.42. The van der Waals surface area contributed by atoms with E-state index < -0.39 is 0 Å². The molecule has 2 N–H and O–H groups in total. The van der Waals surface area contributed by atoms with E-state index >= 15 is 0 Å². The second-order valence-electron chi connectivity index (χ2n) is 4.26. The normalized spacial score (nSPS) is 12.3. The lowest BCUT2D eigenvalue weighted by Crippen LogP contribution is -2.33. The standard InChI is InChI=1S/C13H18Cl2N2O2/c1-17(12(18)6-10(7-16)19-2)8-9-4-3-5-11(14)13(9)15/h3-5,10H,6-8,16H2,1-2H3. The van der Waals surface area contributed by atoms with Gasteiger partial charge in [0.1, 0.15) is 0 Å². The van der Waals surface area contributed by atoms with Crippen LogP contribution in [0.1, 0.15) is 12.0 Å². The molecular weight excluding hydrogens is 287 g/mol. The summed E-state index contributed by atoms with van der Waals surface area (Å²) >= 11 is 12.0. The first-order valence-electron chi connectivity index (χ1n) is 5.89. The van der Waals surface area contributed by atoms with Gasteiger partial charge in [0.15, 0.2) is 0 Å². The lowest BCUT2D eigenvalue weighted by Gasteiger charge is -2.21. The van der Waals surface area contributed by atoms with Crippen LogP contribution in [0.5, 0.6) is 0 Å². The summed E-state index contributed by atoms with van der Waals surface area (Å²) in [6.45, 7) is 0.716. The number of benzene rings is 1. The quantitative estimate of drug-likeness (QED) is 0.877. The van der Waals surface area contributed by atoms with Gasteiger partial charge in [-0.1, -0.05) is 35.3 Å². The van der Waals surface area contributed by atoms with Crippen LogP contribution < -0.4 is 5.73 Å². The highest BCUT2D eigenvalue weighted by atomic mass is 35.5. The number of hydrogen-bond acceptors (Lipinski definition) is 3. The molecule has 0 heterocycles. The van der Waals surface area contributed by atoms with Crippen LogP contribution in [0.3, 0.4) is 0 Å². The summed E-state index contributed by atoms with van der Waals surface area (Å²) in [5.41, 5.74) is 6.31. The van der Waals surface area contributed by atoms with Gasteiger partial charge in [-0.15, -0.1) is 0 Å². The summed E-state index contributed by atoms with van der Waals surface area (Å²) in [4.78, 5) is 13.6. The van der Waals surface area contributed by atoms with Crippen LogP contribution in [0.4, 0.5) is 0 Å². The van der Waals surface area contributed by atoms with E-state index in [0.29, 0.717) is 23.1 Å². The molecule has 0 radical (unpaired) electrons. The number of rotatable bonds is 6. The first-order chi connectivity index (χ1) is 8.99. The summed E-state index contributed by atoms with van der Waals surface area (Å²) in [6, 6.07) is 5.36. The Hall–Kier alpha value is -0.810. The maximum atomic E-state index is 12.0. The summed E-state index contributed by atoms with van der Waals surface area (Å²) in [5, 5.41) is 0.961. The molecule has 0 bridgehead atoms. The molecular formula is C13H18Cl2N2O2. The average molecular weight is 305 g/mol. The minimum atomic E-state index is -0.259. The Bertz CT molecular complexity index is 437. The van der Waals surface area contributed by atoms with Gasteiger partial charge < -0.3 is 15.4 Å². The summed E-state index contributed by atoms with van der Waals surface area (Å²) in [5.74, 6) is -0.0478. The molecule has 19 heavy (non-hydrogen) atoms. The Balaban J connectivity index is 2.66. The SMILES string of the molecule is COC(CN)CC(=O)N(C)Cc1cccc(Cl)c1Cl. The largest absolute Gasteiger partial charge is 0.380 e. The van der Waals surface area contributed by atoms with Crippen molar-refractivity contribution in [2.24, 2.45) is 5.73 Å². The van der Waals surface area contributed by atoms with Crippen LogP contribution in [0, 0.1) is 0 Å². The van der Waals surface area contributed by atoms with E-state index in [9.17, 15) is 4.79 Å². The number of halogens is 2. The lowest BCUT2D eigenvalue weighted by atomic mass is 10.2. The molecule has 1 atom stereocenters. The van der Waals surface area contributed by atoms with Crippen molar-refractivity contribution in [2.45, 2.75) is 19.1 Å². The number of methoxy groups -OCH3 is 1. The Morgan fingerprint density at radius 2 is 2.16 bits per heavy atom. The molecule has 0 spiro atoms. The van der Waals surface area contributed by atoms with Crippen LogP contribution in [0.15, 0.2) is 18.2 Å². The van der Waals surface area contributed by atoms with E-state index in [-0.39, 0.29) is 18.4 Å². The smallest absolute Gasteiger partial charge is 0.225 e. The molecule has 1 aromatic carbocycles. The number of hydrogen-bond donors (Lipinski definition) is 1. The molecule has 1 unspecified atom stereocenters. The molecule has 1 rings (SSSR count). The van der Waals surface area contributed by atoms with Gasteiger partial charge in [-0.25, -0.2) is 0 Å². The van der Waals surface area contributed by atoms with Crippen LogP contribution >= 0.6 is 23.2 Å². The summed E-state index contributed by atoms with van der Waals surface area (Å²) < 4.78 is 5.09. The van der Waals surface area contributed by atoms with E-state index in [1.165, 1.54) is 0 Å². The monoisotopic (exact) mass is 304 g/mol. The van der Waals surface area contributed by atoms with Gasteiger partial charge in [-0.2, -0.15) is 0 Å². The lowest BCUT2D eigenvalue weighted by molar-refractivity contribution is -0.132. The maximum Gasteiger partial charge on any atom is 0.225 e. The van der Waals surface area contributed by atoms with Crippen molar-refractivity contribution in [1.82, 2.24) is 4.90 Å². The van der Waals surface area contributed by atoms with E-state index in [0.717, 1.165) is 5.56 Å². The van der Waals surface area contributed by atoms with Crippen molar-refractivity contribution in [3.05, 3.63) is 33.8 Å². The van der Waals surface area contributed by atoms with Crippen molar-refractivity contribution < 1.29 is 9.53 Å². The minimum absolute atomic E-state index is 0.0478. The second-order valence-corrected chi connectivity index (χ2v) is 5.05. The van der Waals surface area contributed by atoms with Crippen LogP contribution in [0.25, 0.3) is 0 Å². The van der Waals surface area contributed by atoms with Crippen LogP contribution in [-0.4, -0.2) is 37.6 Å². The molecule has 0 fully saturated rings. The zero-order chi connectivity index (χ0) is 14.4. The molecule has 4 nitrogen and oxygen atoms in total. The third-order valence-electron chi connectivity index (χ3n) is 2.86. The van der Waals surface area contributed by atoms with Gasteiger partial charge in [0.05, 0.1) is 22.6 Å². The number of nitrogens with zero attached hydrogens (tertiary/aromatic N) is 1. The van der Waals surface area contributed by atoms with E-state index in [1.807, 2.05) is 6.07 Å². The highest BCUT2D eigenvalue weighted by Crippen LogP contribution is 2.26. The molecule has 0 aliphatic carbocycles. The number of carbonyl (C=O) groups excluding carboxylic acids is 1. The molecule has 106 valence electrons. The van der Waals surface area contributed by atoms with Crippen molar-refractivity contribution >= 4 is 29.1 Å². The zero-order valence-electron chi connectivity index (χ0n) is 11.0. The highest BCUT2D eigenvalue weighted by Gasteiger charge is 2.16. The van der Waals surface area contributed by atoms with Crippen molar-refractivity contribution in [1.29, 1.82) is 0 Å².